The minimum Gasteiger partial charge on any atom is -0.356 e. The molecule has 0 fully saturated rings. The van der Waals surface area contributed by atoms with Gasteiger partial charge >= 0.3 is 0 Å². The van der Waals surface area contributed by atoms with Crippen LogP contribution >= 0.6 is 0 Å². The maximum atomic E-state index is 13.1. The lowest BCUT2D eigenvalue weighted by atomic mass is 10.1. The van der Waals surface area contributed by atoms with Gasteiger partial charge in [-0.3, -0.25) is 9.67 Å². The van der Waals surface area contributed by atoms with Crippen molar-refractivity contribution in [2.75, 3.05) is 20.1 Å². The first-order valence-corrected chi connectivity index (χ1v) is 7.77. The fourth-order valence-corrected chi connectivity index (χ4v) is 2.35. The van der Waals surface area contributed by atoms with Gasteiger partial charge in [0.05, 0.1) is 12.7 Å². The first-order chi connectivity index (χ1) is 11.1. The lowest BCUT2D eigenvalue weighted by Crippen LogP contribution is -2.39. The maximum absolute atomic E-state index is 13.1. The van der Waals surface area contributed by atoms with Crippen molar-refractivity contribution in [3.8, 4) is 0 Å². The van der Waals surface area contributed by atoms with E-state index in [0.29, 0.717) is 0 Å². The summed E-state index contributed by atoms with van der Waals surface area (Å²) in [5, 5.41) is 10.8. The molecule has 2 rings (SSSR count). The second-order valence-electron chi connectivity index (χ2n) is 5.53. The molecule has 0 aliphatic rings. The number of nitrogens with zero attached hydrogens (tertiary/aromatic N) is 3. The number of aryl methyl sites for hydroxylation is 2. The number of nitrogens with one attached hydrogen (secondary N) is 2. The Balaban J connectivity index is 1.72. The summed E-state index contributed by atoms with van der Waals surface area (Å²) < 4.78 is 15.0. The number of hydrogen-bond donors (Lipinski definition) is 2. The normalized spacial score (nSPS) is 11.6. The Labute approximate surface area is 136 Å². The van der Waals surface area contributed by atoms with Gasteiger partial charge in [-0.05, 0) is 49.1 Å². The van der Waals surface area contributed by atoms with Crippen LogP contribution in [0.25, 0.3) is 0 Å². The quantitative estimate of drug-likeness (QED) is 0.633. The van der Waals surface area contributed by atoms with Gasteiger partial charge < -0.3 is 10.6 Å². The average Bonchev–Trinajstić information content (AvgIpc) is 2.93. The van der Waals surface area contributed by atoms with Crippen LogP contribution in [0, 0.1) is 19.7 Å². The van der Waals surface area contributed by atoms with E-state index >= 15 is 0 Å². The van der Waals surface area contributed by atoms with Crippen LogP contribution in [-0.4, -0.2) is 35.9 Å². The van der Waals surface area contributed by atoms with E-state index in [1.165, 1.54) is 6.07 Å². The fraction of sp³-hybridized carbons (Fsp3) is 0.412. The second-order valence-corrected chi connectivity index (χ2v) is 5.53. The predicted octanol–water partition coefficient (Wildman–Crippen LogP) is 2.05. The Kier molecular flexibility index (Phi) is 6.14. The molecule has 0 aliphatic heterocycles. The highest BCUT2D eigenvalue weighted by molar-refractivity contribution is 5.79. The van der Waals surface area contributed by atoms with Gasteiger partial charge in [0.2, 0.25) is 0 Å². The highest BCUT2D eigenvalue weighted by atomic mass is 19.1. The molecule has 1 aromatic carbocycles. The maximum Gasteiger partial charge on any atom is 0.191 e. The van der Waals surface area contributed by atoms with Crippen molar-refractivity contribution in [1.82, 2.24) is 20.4 Å². The summed E-state index contributed by atoms with van der Waals surface area (Å²) in [6.45, 7) is 6.22. The van der Waals surface area contributed by atoms with Crippen molar-refractivity contribution in [2.45, 2.75) is 26.8 Å². The zero-order chi connectivity index (χ0) is 16.7. The minimum absolute atomic E-state index is 0.189. The predicted molar refractivity (Wildman–Crippen MR) is 91.2 cm³/mol. The number of hydrogen-bond acceptors (Lipinski definition) is 2. The van der Waals surface area contributed by atoms with Gasteiger partial charge in [-0.15, -0.1) is 0 Å². The van der Waals surface area contributed by atoms with Gasteiger partial charge in [0.15, 0.2) is 5.96 Å². The van der Waals surface area contributed by atoms with Crippen molar-refractivity contribution in [3.05, 3.63) is 53.1 Å². The first-order valence-electron chi connectivity index (χ1n) is 7.77. The van der Waals surface area contributed by atoms with Crippen molar-refractivity contribution in [1.29, 1.82) is 0 Å². The molecule has 0 unspecified atom stereocenters. The van der Waals surface area contributed by atoms with Crippen LogP contribution in [0.2, 0.25) is 0 Å². The lowest BCUT2D eigenvalue weighted by Gasteiger charge is -2.12. The Bertz CT molecular complexity index is 663. The number of aromatic nitrogens is 2. The molecule has 0 atom stereocenters. The Morgan fingerprint density at radius 2 is 2.04 bits per heavy atom. The molecule has 2 N–H and O–H groups in total. The molecule has 0 saturated heterocycles. The number of rotatable bonds is 6. The third-order valence-corrected chi connectivity index (χ3v) is 3.61. The lowest BCUT2D eigenvalue weighted by molar-refractivity contribution is 0.597. The smallest absolute Gasteiger partial charge is 0.191 e. The summed E-state index contributed by atoms with van der Waals surface area (Å²) in [5.74, 6) is 0.569. The molecule has 0 bridgehead atoms. The third kappa shape index (κ3) is 5.39. The fourth-order valence-electron chi connectivity index (χ4n) is 2.35. The van der Waals surface area contributed by atoms with E-state index in [-0.39, 0.29) is 5.82 Å². The van der Waals surface area contributed by atoms with Crippen LogP contribution in [0.4, 0.5) is 4.39 Å². The van der Waals surface area contributed by atoms with Crippen molar-refractivity contribution >= 4 is 5.96 Å². The SMILES string of the molecule is CN=C(NCCc1ccc(F)cc1C)NCCn1cc(C)cn1. The van der Waals surface area contributed by atoms with Gasteiger partial charge in [0, 0.05) is 26.3 Å². The molecule has 0 radical (unpaired) electrons. The van der Waals surface area contributed by atoms with Crippen LogP contribution in [-0.2, 0) is 13.0 Å². The first kappa shape index (κ1) is 17.0. The molecular weight excluding hydrogens is 293 g/mol. The number of aliphatic imine (C=N–C) groups is 1. The summed E-state index contributed by atoms with van der Waals surface area (Å²) >= 11 is 0. The topological polar surface area (TPSA) is 54.2 Å². The molecular formula is C17H24FN5. The Hall–Kier alpha value is -2.37. The molecule has 0 aliphatic carbocycles. The Morgan fingerprint density at radius 3 is 2.70 bits per heavy atom. The van der Waals surface area contributed by atoms with Crippen LogP contribution in [0.3, 0.4) is 0 Å². The molecule has 2 aromatic rings. The summed E-state index contributed by atoms with van der Waals surface area (Å²) in [6, 6.07) is 4.90. The van der Waals surface area contributed by atoms with E-state index in [1.54, 1.807) is 13.1 Å². The number of halogens is 1. The van der Waals surface area contributed by atoms with E-state index in [0.717, 1.165) is 48.7 Å². The highest BCUT2D eigenvalue weighted by Crippen LogP contribution is 2.10. The monoisotopic (exact) mass is 317 g/mol. The third-order valence-electron chi connectivity index (χ3n) is 3.61. The van der Waals surface area contributed by atoms with Gasteiger partial charge in [-0.1, -0.05) is 6.07 Å². The van der Waals surface area contributed by atoms with Crippen molar-refractivity contribution in [2.24, 2.45) is 4.99 Å². The molecule has 1 aromatic heterocycles. The molecule has 0 spiro atoms. The second kappa shape index (κ2) is 8.31. The van der Waals surface area contributed by atoms with E-state index in [9.17, 15) is 4.39 Å². The molecule has 124 valence electrons. The van der Waals surface area contributed by atoms with E-state index in [2.05, 4.69) is 20.7 Å². The van der Waals surface area contributed by atoms with Crippen LogP contribution in [0.15, 0.2) is 35.6 Å². The standard InChI is InChI=1S/C17H24FN5/c1-13-11-22-23(12-13)9-8-21-17(19-3)20-7-6-15-4-5-16(18)10-14(15)2/h4-5,10-12H,6-9H2,1-3H3,(H2,19,20,21). The van der Waals surface area contributed by atoms with Gasteiger partial charge in [-0.25, -0.2) is 4.39 Å². The van der Waals surface area contributed by atoms with Crippen molar-refractivity contribution < 1.29 is 4.39 Å². The summed E-state index contributed by atoms with van der Waals surface area (Å²) in [7, 11) is 1.75. The molecule has 0 saturated carbocycles. The average molecular weight is 317 g/mol. The van der Waals surface area contributed by atoms with E-state index < -0.39 is 0 Å². The van der Waals surface area contributed by atoms with Crippen LogP contribution in [0.1, 0.15) is 16.7 Å². The number of benzene rings is 1. The van der Waals surface area contributed by atoms with Gasteiger partial charge in [0.25, 0.3) is 0 Å². The van der Waals surface area contributed by atoms with Crippen LogP contribution < -0.4 is 10.6 Å². The molecule has 0 amide bonds. The van der Waals surface area contributed by atoms with Gasteiger partial charge in [-0.2, -0.15) is 5.10 Å². The molecule has 6 heteroatoms. The molecule has 1 heterocycles. The van der Waals surface area contributed by atoms with Gasteiger partial charge in [0.1, 0.15) is 5.82 Å². The largest absolute Gasteiger partial charge is 0.356 e. The van der Waals surface area contributed by atoms with E-state index in [1.807, 2.05) is 37.0 Å². The minimum atomic E-state index is -0.189. The highest BCUT2D eigenvalue weighted by Gasteiger charge is 2.02. The molecule has 5 nitrogen and oxygen atoms in total. The summed E-state index contributed by atoms with van der Waals surface area (Å²) in [5.41, 5.74) is 3.27. The zero-order valence-corrected chi connectivity index (χ0v) is 13.9. The van der Waals surface area contributed by atoms with Crippen molar-refractivity contribution in [3.63, 3.8) is 0 Å². The summed E-state index contributed by atoms with van der Waals surface area (Å²) in [6.07, 6.45) is 4.68. The zero-order valence-electron chi connectivity index (χ0n) is 13.9. The number of guanidine groups is 1. The van der Waals surface area contributed by atoms with Crippen LogP contribution in [0.5, 0.6) is 0 Å². The summed E-state index contributed by atoms with van der Waals surface area (Å²) in [4.78, 5) is 4.20. The Morgan fingerprint density at radius 1 is 1.26 bits per heavy atom. The molecule has 23 heavy (non-hydrogen) atoms. The van der Waals surface area contributed by atoms with E-state index in [4.69, 9.17) is 0 Å².